The molecule has 2 aromatic carbocycles. The first kappa shape index (κ1) is 22.7. The second kappa shape index (κ2) is 9.74. The van der Waals surface area contributed by atoms with Crippen LogP contribution in [0.1, 0.15) is 16.7 Å². The minimum atomic E-state index is -1.12. The highest BCUT2D eigenvalue weighted by Crippen LogP contribution is 2.35. The summed E-state index contributed by atoms with van der Waals surface area (Å²) in [5.41, 5.74) is 7.55. The number of benzene rings is 2. The molecule has 28 heavy (non-hydrogen) atoms. The Kier molecular flexibility index (Phi) is 7.89. The Balaban J connectivity index is 2.27. The average molecular weight is 610 g/mol. The summed E-state index contributed by atoms with van der Waals surface area (Å²) in [6.07, 6.45) is 0.133. The van der Waals surface area contributed by atoms with Crippen LogP contribution in [0.4, 0.5) is 0 Å². The normalized spacial score (nSPS) is 11.8. The lowest BCUT2D eigenvalue weighted by molar-refractivity contribution is -0.141. The van der Waals surface area contributed by atoms with Crippen LogP contribution in [0, 0.1) is 21.0 Å². The number of nitrogens with two attached hydrogens (primary N) is 1. The summed E-state index contributed by atoms with van der Waals surface area (Å²) in [7, 11) is 0. The van der Waals surface area contributed by atoms with Gasteiger partial charge in [0.2, 0.25) is 5.91 Å². The van der Waals surface area contributed by atoms with Gasteiger partial charge in [0, 0.05) is 6.42 Å². The van der Waals surface area contributed by atoms with Crippen LogP contribution in [0.3, 0.4) is 0 Å². The molecule has 1 atom stereocenters. The summed E-state index contributed by atoms with van der Waals surface area (Å²) < 4.78 is 7.52. The van der Waals surface area contributed by atoms with E-state index in [0.717, 1.165) is 14.7 Å². The second-order valence-electron chi connectivity index (χ2n) is 6.26. The number of carboxylic acids is 1. The van der Waals surface area contributed by atoms with Gasteiger partial charge in [-0.25, -0.2) is 4.79 Å². The Labute approximate surface area is 189 Å². The molecule has 0 heterocycles. The molecule has 0 spiro atoms. The molecular formula is C19H20I2N2O5. The number of nitrogens with one attached hydrogen (secondary N) is 1. The zero-order valence-corrected chi connectivity index (χ0v) is 19.6. The van der Waals surface area contributed by atoms with Crippen LogP contribution >= 0.6 is 45.2 Å². The fourth-order valence-electron chi connectivity index (χ4n) is 2.62. The minimum absolute atomic E-state index is 0.133. The molecule has 1 unspecified atom stereocenters. The number of carbonyl (C=O) groups excluding carboxylic acids is 1. The van der Waals surface area contributed by atoms with E-state index in [2.05, 4.69) is 27.9 Å². The van der Waals surface area contributed by atoms with Crippen molar-refractivity contribution in [1.29, 1.82) is 0 Å². The van der Waals surface area contributed by atoms with E-state index in [1.165, 1.54) is 0 Å². The standard InChI is InChI=1S/C19H20I2N2O5/c1-9-4-12(7-13(20)17(9)25)28-18-10(2)3-11(5-14(18)21)6-15(19(26)27)23-16(24)8-22/h3-5,7,15,25H,6,8,22H2,1-2H3,(H,23,24)(H,26,27). The molecule has 9 heteroatoms. The summed E-state index contributed by atoms with van der Waals surface area (Å²) in [6.45, 7) is 3.40. The van der Waals surface area contributed by atoms with E-state index in [1.54, 1.807) is 19.1 Å². The first-order valence-corrected chi connectivity index (χ1v) is 10.5. The van der Waals surface area contributed by atoms with Crippen LogP contribution < -0.4 is 15.8 Å². The Bertz CT molecular complexity index is 871. The van der Waals surface area contributed by atoms with Gasteiger partial charge in [0.05, 0.1) is 13.7 Å². The van der Waals surface area contributed by atoms with Crippen molar-refractivity contribution < 1.29 is 24.5 Å². The van der Waals surface area contributed by atoms with Gasteiger partial charge >= 0.3 is 5.97 Å². The number of phenolic OH excluding ortho intramolecular Hbond substituents is 1. The van der Waals surface area contributed by atoms with Gasteiger partial charge < -0.3 is 26.0 Å². The lowest BCUT2D eigenvalue weighted by atomic mass is 10.0. The van der Waals surface area contributed by atoms with Gasteiger partial charge in [0.25, 0.3) is 0 Å². The number of aliphatic carboxylic acids is 1. The van der Waals surface area contributed by atoms with Gasteiger partial charge in [-0.15, -0.1) is 0 Å². The second-order valence-corrected chi connectivity index (χ2v) is 8.59. The van der Waals surface area contributed by atoms with E-state index >= 15 is 0 Å². The van der Waals surface area contributed by atoms with Crippen LogP contribution in [0.15, 0.2) is 24.3 Å². The van der Waals surface area contributed by atoms with E-state index in [1.807, 2.05) is 41.6 Å². The van der Waals surface area contributed by atoms with Crippen molar-refractivity contribution in [3.8, 4) is 17.2 Å². The van der Waals surface area contributed by atoms with Crippen molar-refractivity contribution in [3.05, 3.63) is 48.1 Å². The number of amides is 1. The predicted octanol–water partition coefficient (Wildman–Crippen LogP) is 3.08. The van der Waals surface area contributed by atoms with Crippen molar-refractivity contribution in [1.82, 2.24) is 5.32 Å². The Morgan fingerprint density at radius 2 is 1.82 bits per heavy atom. The van der Waals surface area contributed by atoms with Crippen molar-refractivity contribution in [3.63, 3.8) is 0 Å². The SMILES string of the molecule is Cc1cc(Oc2c(C)cc(CC(NC(=O)CN)C(=O)O)cc2I)cc(I)c1O. The van der Waals surface area contributed by atoms with Crippen LogP contribution in [-0.2, 0) is 16.0 Å². The smallest absolute Gasteiger partial charge is 0.326 e. The fourth-order valence-corrected chi connectivity index (χ4v) is 4.29. The van der Waals surface area contributed by atoms with Crippen LogP contribution in [-0.4, -0.2) is 34.7 Å². The number of phenols is 1. The number of rotatable bonds is 7. The quantitative estimate of drug-likeness (QED) is 0.358. The highest BCUT2D eigenvalue weighted by Gasteiger charge is 2.21. The number of hydrogen-bond donors (Lipinski definition) is 4. The van der Waals surface area contributed by atoms with E-state index in [9.17, 15) is 19.8 Å². The van der Waals surface area contributed by atoms with Gasteiger partial charge in [0.1, 0.15) is 23.3 Å². The maximum Gasteiger partial charge on any atom is 0.326 e. The summed E-state index contributed by atoms with van der Waals surface area (Å²) >= 11 is 4.17. The summed E-state index contributed by atoms with van der Waals surface area (Å²) in [5, 5.41) is 21.6. The minimum Gasteiger partial charge on any atom is -0.507 e. The zero-order chi connectivity index (χ0) is 21.0. The first-order chi connectivity index (χ1) is 13.1. The summed E-state index contributed by atoms with van der Waals surface area (Å²) in [6, 6.07) is 6.10. The van der Waals surface area contributed by atoms with Crippen molar-refractivity contribution >= 4 is 57.1 Å². The molecule has 0 radical (unpaired) electrons. The third-order valence-electron chi connectivity index (χ3n) is 4.00. The molecule has 1 amide bonds. The lowest BCUT2D eigenvalue weighted by Gasteiger charge is -2.17. The number of carboxylic acid groups (broad SMARTS) is 1. The zero-order valence-electron chi connectivity index (χ0n) is 15.3. The third kappa shape index (κ3) is 5.70. The molecule has 2 rings (SSSR count). The van der Waals surface area contributed by atoms with Gasteiger partial charge in [-0.3, -0.25) is 4.79 Å². The van der Waals surface area contributed by atoms with Crippen molar-refractivity contribution in [2.45, 2.75) is 26.3 Å². The van der Waals surface area contributed by atoms with Crippen molar-refractivity contribution in [2.75, 3.05) is 6.54 Å². The molecule has 0 aromatic heterocycles. The highest BCUT2D eigenvalue weighted by atomic mass is 127. The van der Waals surface area contributed by atoms with E-state index in [4.69, 9.17) is 10.5 Å². The van der Waals surface area contributed by atoms with E-state index in [0.29, 0.717) is 20.6 Å². The molecule has 0 aliphatic heterocycles. The lowest BCUT2D eigenvalue weighted by Crippen LogP contribution is -2.44. The molecule has 0 bridgehead atoms. The Morgan fingerprint density at radius 1 is 1.14 bits per heavy atom. The molecule has 0 aliphatic rings. The number of aromatic hydroxyl groups is 1. The largest absolute Gasteiger partial charge is 0.507 e. The summed E-state index contributed by atoms with van der Waals surface area (Å²) in [5.74, 6) is -0.149. The Hall–Kier alpha value is -1.60. The van der Waals surface area contributed by atoms with E-state index < -0.39 is 17.9 Å². The topological polar surface area (TPSA) is 122 Å². The van der Waals surface area contributed by atoms with Gasteiger partial charge in [-0.05, 0) is 93.9 Å². The molecule has 0 fully saturated rings. The average Bonchev–Trinajstić information content (AvgIpc) is 2.61. The number of aryl methyl sites for hydroxylation is 2. The van der Waals surface area contributed by atoms with Crippen LogP contribution in [0.5, 0.6) is 17.2 Å². The molecule has 0 aliphatic carbocycles. The predicted molar refractivity (Wildman–Crippen MR) is 122 cm³/mol. The van der Waals surface area contributed by atoms with Gasteiger partial charge in [0.15, 0.2) is 0 Å². The Morgan fingerprint density at radius 3 is 2.36 bits per heavy atom. The van der Waals surface area contributed by atoms with Crippen molar-refractivity contribution in [2.24, 2.45) is 5.73 Å². The van der Waals surface area contributed by atoms with Crippen LogP contribution in [0.25, 0.3) is 0 Å². The highest BCUT2D eigenvalue weighted by molar-refractivity contribution is 14.1. The van der Waals surface area contributed by atoms with Crippen LogP contribution in [0.2, 0.25) is 0 Å². The maximum atomic E-state index is 11.4. The molecule has 0 saturated carbocycles. The molecule has 2 aromatic rings. The first-order valence-electron chi connectivity index (χ1n) is 8.30. The molecule has 0 saturated heterocycles. The monoisotopic (exact) mass is 610 g/mol. The molecule has 5 N–H and O–H groups in total. The van der Waals surface area contributed by atoms with E-state index in [-0.39, 0.29) is 18.7 Å². The maximum absolute atomic E-state index is 11.4. The fraction of sp³-hybridized carbons (Fsp3) is 0.263. The summed E-state index contributed by atoms with van der Waals surface area (Å²) in [4.78, 5) is 22.9. The third-order valence-corrected chi connectivity index (χ3v) is 5.62. The van der Waals surface area contributed by atoms with Gasteiger partial charge in [-0.1, -0.05) is 6.07 Å². The number of carbonyl (C=O) groups is 2. The number of ether oxygens (including phenoxy) is 1. The van der Waals surface area contributed by atoms with Gasteiger partial charge in [-0.2, -0.15) is 0 Å². The number of halogens is 2. The number of hydrogen-bond acceptors (Lipinski definition) is 5. The molecular weight excluding hydrogens is 590 g/mol. The molecule has 150 valence electrons. The molecule has 7 nitrogen and oxygen atoms in total.